The van der Waals surface area contributed by atoms with Crippen molar-refractivity contribution in [3.63, 3.8) is 0 Å². The summed E-state index contributed by atoms with van der Waals surface area (Å²) >= 11 is -0.657. The van der Waals surface area contributed by atoms with E-state index in [1.165, 1.54) is 6.42 Å². The molecular weight excluding hydrogens is 231 g/mol. The minimum Gasteiger partial charge on any atom is -1.00 e. The van der Waals surface area contributed by atoms with E-state index in [4.69, 9.17) is 0 Å². The average Bonchev–Trinajstić information content (AvgIpc) is 2.12. The van der Waals surface area contributed by atoms with Gasteiger partial charge in [0.05, 0.1) is 0 Å². The maximum Gasteiger partial charge on any atom is -0.0149 e. The monoisotopic (exact) mass is 245 g/mol. The Kier molecular flexibility index (Phi) is 14.8. The van der Waals surface area contributed by atoms with E-state index < -0.39 is 17.9 Å². The van der Waals surface area contributed by atoms with Crippen molar-refractivity contribution in [1.82, 2.24) is 0 Å². The van der Waals surface area contributed by atoms with Crippen molar-refractivity contribution in [2.24, 2.45) is 0 Å². The molecule has 0 heterocycles. The number of hydrogen-bond acceptors (Lipinski definition) is 0. The Morgan fingerprint density at radius 2 is 1.82 bits per heavy atom. The Bertz CT molecular complexity index is 143. The van der Waals surface area contributed by atoms with Gasteiger partial charge < -0.3 is 24.8 Å². The summed E-state index contributed by atoms with van der Waals surface area (Å²) in [5.41, 5.74) is 0. The van der Waals surface area contributed by atoms with Crippen LogP contribution in [0.1, 0.15) is 6.42 Å². The van der Waals surface area contributed by atoms with Crippen LogP contribution >= 0.6 is 0 Å². The minimum atomic E-state index is -0.657. The van der Waals surface area contributed by atoms with Gasteiger partial charge in [0.25, 0.3) is 0 Å². The molecule has 0 aromatic rings. The SMILES string of the molecule is [CH3][Ti+2]([CH3])[C]1=CC=CC1.[Cl-].[Cl-].[SiH4]. The van der Waals surface area contributed by atoms with Crippen LogP contribution in [0.4, 0.5) is 0 Å². The summed E-state index contributed by atoms with van der Waals surface area (Å²) in [4.78, 5) is 0. The van der Waals surface area contributed by atoms with Gasteiger partial charge in [0.1, 0.15) is 0 Å². The summed E-state index contributed by atoms with van der Waals surface area (Å²) < 4.78 is 1.73. The molecule has 1 rings (SSSR count). The van der Waals surface area contributed by atoms with Crippen LogP contribution in [0, 0.1) is 0 Å². The van der Waals surface area contributed by atoms with E-state index in [1.54, 1.807) is 3.88 Å². The van der Waals surface area contributed by atoms with Crippen LogP contribution in [0.5, 0.6) is 0 Å². The molecule has 0 unspecified atom stereocenters. The van der Waals surface area contributed by atoms with Gasteiger partial charge in [-0.3, -0.25) is 0 Å². The number of rotatable bonds is 1. The second-order valence-corrected chi connectivity index (χ2v) is 6.45. The summed E-state index contributed by atoms with van der Waals surface area (Å²) in [5, 5.41) is 4.80. The Morgan fingerprint density at radius 3 is 2.00 bits per heavy atom. The number of allylic oxidation sites excluding steroid dienone is 4. The molecule has 0 atom stereocenters. The zero-order chi connectivity index (χ0) is 5.98. The summed E-state index contributed by atoms with van der Waals surface area (Å²) in [6, 6.07) is 0. The molecule has 0 aromatic carbocycles. The van der Waals surface area contributed by atoms with Gasteiger partial charge in [-0.25, -0.2) is 0 Å². The first kappa shape index (κ1) is 17.9. The maximum absolute atomic E-state index is 2.40. The second kappa shape index (κ2) is 9.08. The molecule has 4 heteroatoms. The first-order valence-electron chi connectivity index (χ1n) is 2.97. The molecule has 1 aliphatic carbocycles. The molecule has 0 aromatic heterocycles. The molecule has 0 aliphatic heterocycles. The van der Waals surface area contributed by atoms with Gasteiger partial charge >= 0.3 is 56.9 Å². The van der Waals surface area contributed by atoms with E-state index in [2.05, 4.69) is 28.7 Å². The summed E-state index contributed by atoms with van der Waals surface area (Å²) in [6.07, 6.45) is 7.96. The summed E-state index contributed by atoms with van der Waals surface area (Å²) in [6.45, 7) is 0. The van der Waals surface area contributed by atoms with E-state index in [-0.39, 0.29) is 35.8 Å². The van der Waals surface area contributed by atoms with Crippen LogP contribution < -0.4 is 24.8 Å². The molecule has 0 saturated heterocycles. The Hall–Kier alpha value is 0.991. The Labute approximate surface area is 92.2 Å². The Morgan fingerprint density at radius 1 is 1.27 bits per heavy atom. The van der Waals surface area contributed by atoms with E-state index in [1.807, 2.05) is 0 Å². The zero-order valence-corrected chi connectivity index (χ0v) is 9.27. The third-order valence-electron chi connectivity index (χ3n) is 1.41. The molecule has 0 N–H and O–H groups in total. The topological polar surface area (TPSA) is 0 Å². The predicted molar refractivity (Wildman–Crippen MR) is 44.9 cm³/mol. The molecule has 1 aliphatic rings. The molecule has 65 valence electrons. The van der Waals surface area contributed by atoms with E-state index in [0.29, 0.717) is 0 Å². The fraction of sp³-hybridized carbons (Fsp3) is 0.429. The fourth-order valence-electron chi connectivity index (χ4n) is 0.818. The Balaban J connectivity index is -0.000000213. The average molecular weight is 246 g/mol. The van der Waals surface area contributed by atoms with Crippen molar-refractivity contribution in [1.29, 1.82) is 0 Å². The number of halogens is 2. The van der Waals surface area contributed by atoms with Gasteiger partial charge in [0.15, 0.2) is 0 Å². The van der Waals surface area contributed by atoms with Crippen molar-refractivity contribution in [3.8, 4) is 0 Å². The van der Waals surface area contributed by atoms with Gasteiger partial charge in [0.2, 0.25) is 0 Å². The molecule has 0 spiro atoms. The normalized spacial score (nSPS) is 12.0. The predicted octanol–water partition coefficient (Wildman–Crippen LogP) is -4.90. The van der Waals surface area contributed by atoms with Gasteiger partial charge in [-0.15, -0.1) is 0 Å². The van der Waals surface area contributed by atoms with Crippen molar-refractivity contribution < 1.29 is 42.7 Å². The van der Waals surface area contributed by atoms with Crippen LogP contribution in [-0.2, 0) is 17.9 Å². The second-order valence-electron chi connectivity index (χ2n) is 2.32. The molecule has 0 fully saturated rings. The van der Waals surface area contributed by atoms with E-state index in [0.717, 1.165) is 0 Å². The van der Waals surface area contributed by atoms with Gasteiger partial charge in [0, 0.05) is 0 Å². The minimum absolute atomic E-state index is 0. The van der Waals surface area contributed by atoms with Crippen LogP contribution in [0.3, 0.4) is 0 Å². The van der Waals surface area contributed by atoms with Crippen molar-refractivity contribution in [2.75, 3.05) is 0 Å². The van der Waals surface area contributed by atoms with Gasteiger partial charge in [-0.05, 0) is 11.0 Å². The van der Waals surface area contributed by atoms with Crippen LogP contribution in [0.2, 0.25) is 10.5 Å². The molecule has 0 amide bonds. The van der Waals surface area contributed by atoms with Crippen molar-refractivity contribution >= 4 is 11.0 Å². The quantitative estimate of drug-likeness (QED) is 0.407. The van der Waals surface area contributed by atoms with Gasteiger partial charge in [-0.1, -0.05) is 0 Å². The fourth-order valence-corrected chi connectivity index (χ4v) is 2.31. The molecule has 0 saturated carbocycles. The molecule has 0 bridgehead atoms. The summed E-state index contributed by atoms with van der Waals surface area (Å²) in [5.74, 6) is 0. The van der Waals surface area contributed by atoms with Gasteiger partial charge in [-0.2, -0.15) is 0 Å². The molecule has 11 heavy (non-hydrogen) atoms. The van der Waals surface area contributed by atoms with E-state index >= 15 is 0 Å². The number of hydrogen-bond donors (Lipinski definition) is 0. The third kappa shape index (κ3) is 6.18. The van der Waals surface area contributed by atoms with Crippen LogP contribution in [0.25, 0.3) is 0 Å². The molecule has 0 radical (unpaired) electrons. The zero-order valence-electron chi connectivity index (χ0n) is 6.20. The summed E-state index contributed by atoms with van der Waals surface area (Å²) in [7, 11) is 0. The molecular formula is C7H15Cl2SiTi. The van der Waals surface area contributed by atoms with E-state index in [9.17, 15) is 0 Å². The largest absolute Gasteiger partial charge is 1.00 e. The smallest absolute Gasteiger partial charge is 0.0149 e. The first-order chi connectivity index (χ1) is 3.80. The standard InChI is InChI=1S/C5H5.2CH3.2ClH.H4Si.Ti/c1-2-4-5-3-1;;;;;;/h1-3H,4H2;2*1H3;2*1H;1H4;/q;;;;;;+2/p-2. The van der Waals surface area contributed by atoms with Crippen molar-refractivity contribution in [2.45, 2.75) is 16.9 Å². The van der Waals surface area contributed by atoms with Crippen LogP contribution in [-0.4, -0.2) is 11.0 Å². The molecule has 0 nitrogen and oxygen atoms in total. The van der Waals surface area contributed by atoms with Crippen molar-refractivity contribution in [3.05, 3.63) is 22.1 Å². The van der Waals surface area contributed by atoms with Crippen LogP contribution in [0.15, 0.2) is 22.1 Å². The first-order valence-corrected chi connectivity index (χ1v) is 6.87. The maximum atomic E-state index is 2.40. The third-order valence-corrected chi connectivity index (χ3v) is 4.00.